The van der Waals surface area contributed by atoms with Crippen LogP contribution in [-0.4, -0.2) is 34.4 Å². The van der Waals surface area contributed by atoms with Gasteiger partial charge in [-0.25, -0.2) is 0 Å². The normalized spacial score (nSPS) is 11.1. The number of ether oxygens (including phenoxy) is 4. The summed E-state index contributed by atoms with van der Waals surface area (Å²) in [7, 11) is 5.90. The van der Waals surface area contributed by atoms with Crippen LogP contribution in [0.4, 0.5) is 0 Å². The van der Waals surface area contributed by atoms with E-state index in [1.807, 2.05) is 0 Å². The molecule has 0 aliphatic carbocycles. The van der Waals surface area contributed by atoms with Crippen LogP contribution in [0.3, 0.4) is 0 Å². The maximum Gasteiger partial charge on any atom is 0.307 e. The Bertz CT molecular complexity index is 453. The van der Waals surface area contributed by atoms with Crippen molar-refractivity contribution in [2.45, 2.75) is 12.5 Å². The van der Waals surface area contributed by atoms with Crippen molar-refractivity contribution in [3.63, 3.8) is 0 Å². The molecule has 114 valence electrons. The monoisotopic (exact) mass is 305 g/mol. The van der Waals surface area contributed by atoms with Gasteiger partial charge in [0.15, 0.2) is 11.5 Å². The average molecular weight is 306 g/mol. The van der Waals surface area contributed by atoms with E-state index in [0.29, 0.717) is 22.8 Å². The summed E-state index contributed by atoms with van der Waals surface area (Å²) >= 11 is 0. The Morgan fingerprint density at radius 1 is 1.05 bits per heavy atom. The number of carbonyl (C=O) groups excluding carboxylic acids is 1. The lowest BCUT2D eigenvalue weighted by Gasteiger charge is -2.17. The summed E-state index contributed by atoms with van der Waals surface area (Å²) in [6.07, 6.45) is 0.0579. The summed E-state index contributed by atoms with van der Waals surface area (Å²) < 4.78 is 20.2. The molecule has 0 saturated carbocycles. The fourth-order valence-electron chi connectivity index (χ4n) is 1.72. The molecule has 0 unspecified atom stereocenters. The summed E-state index contributed by atoms with van der Waals surface area (Å²) in [5.74, 6) is 1.21. The zero-order valence-electron chi connectivity index (χ0n) is 12.0. The quantitative estimate of drug-likeness (QED) is 0.806. The fraction of sp³-hybridized carbons (Fsp3) is 0.462. The molecule has 20 heavy (non-hydrogen) atoms. The van der Waals surface area contributed by atoms with E-state index in [9.17, 15) is 4.79 Å². The van der Waals surface area contributed by atoms with Crippen molar-refractivity contribution >= 4 is 18.4 Å². The average Bonchev–Trinajstić information content (AvgIpc) is 2.45. The minimum atomic E-state index is -0.540. The van der Waals surface area contributed by atoms with E-state index in [-0.39, 0.29) is 24.8 Å². The second-order valence-corrected chi connectivity index (χ2v) is 3.84. The fourth-order valence-corrected chi connectivity index (χ4v) is 1.72. The molecule has 0 spiro atoms. The molecule has 0 bridgehead atoms. The van der Waals surface area contributed by atoms with Crippen molar-refractivity contribution in [2.24, 2.45) is 5.73 Å². The molecule has 1 rings (SSSR count). The molecule has 1 aromatic rings. The van der Waals surface area contributed by atoms with Crippen molar-refractivity contribution in [3.05, 3.63) is 17.7 Å². The summed E-state index contributed by atoms with van der Waals surface area (Å²) in [6, 6.07) is 2.83. The second-order valence-electron chi connectivity index (χ2n) is 3.84. The van der Waals surface area contributed by atoms with Gasteiger partial charge in [0.1, 0.15) is 5.75 Å². The van der Waals surface area contributed by atoms with E-state index in [0.717, 1.165) is 0 Å². The van der Waals surface area contributed by atoms with Crippen LogP contribution in [0.25, 0.3) is 0 Å². The number of rotatable bonds is 6. The van der Waals surface area contributed by atoms with Gasteiger partial charge in [-0.3, -0.25) is 4.79 Å². The van der Waals surface area contributed by atoms with Gasteiger partial charge in [-0.15, -0.1) is 12.4 Å². The molecule has 0 aromatic heterocycles. The number of methoxy groups -OCH3 is 4. The topological polar surface area (TPSA) is 80.0 Å². The Hall–Kier alpha value is -1.66. The highest BCUT2D eigenvalue weighted by atomic mass is 35.5. The lowest BCUT2D eigenvalue weighted by Crippen LogP contribution is -2.17. The smallest absolute Gasteiger partial charge is 0.307 e. The van der Waals surface area contributed by atoms with Crippen molar-refractivity contribution in [3.8, 4) is 17.2 Å². The van der Waals surface area contributed by atoms with Gasteiger partial charge in [0.2, 0.25) is 0 Å². The van der Waals surface area contributed by atoms with Crippen LogP contribution in [0.2, 0.25) is 0 Å². The summed E-state index contributed by atoms with van der Waals surface area (Å²) in [5, 5.41) is 0. The Labute approximate surface area is 124 Å². The number of carbonyl (C=O) groups is 1. The molecule has 0 saturated heterocycles. The van der Waals surface area contributed by atoms with E-state index in [4.69, 9.17) is 19.9 Å². The molecular weight excluding hydrogens is 286 g/mol. The first-order chi connectivity index (χ1) is 9.07. The molecular formula is C13H20ClNO5. The predicted molar refractivity (Wildman–Crippen MR) is 76.9 cm³/mol. The van der Waals surface area contributed by atoms with E-state index in [1.165, 1.54) is 28.4 Å². The molecule has 0 fully saturated rings. The SMILES string of the molecule is COC(=O)C[C@H](N)c1cc(OC)c(OC)cc1OC.Cl. The minimum absolute atomic E-state index is 0. The molecule has 0 aliphatic rings. The van der Waals surface area contributed by atoms with Crippen LogP contribution in [0.1, 0.15) is 18.0 Å². The van der Waals surface area contributed by atoms with Crippen LogP contribution in [-0.2, 0) is 9.53 Å². The zero-order chi connectivity index (χ0) is 14.4. The standard InChI is InChI=1S/C13H19NO5.ClH/c1-16-10-7-12(18-3)11(17-2)5-8(10)9(14)6-13(15)19-4;/h5,7,9H,6,14H2,1-4H3;1H/t9-;/m0./s1. The van der Waals surface area contributed by atoms with Gasteiger partial charge in [-0.1, -0.05) is 0 Å². The lowest BCUT2D eigenvalue weighted by atomic mass is 10.0. The third kappa shape index (κ3) is 4.18. The van der Waals surface area contributed by atoms with Crippen LogP contribution in [0.5, 0.6) is 17.2 Å². The van der Waals surface area contributed by atoms with E-state index >= 15 is 0 Å². The van der Waals surface area contributed by atoms with Crippen molar-refractivity contribution in [2.75, 3.05) is 28.4 Å². The highest BCUT2D eigenvalue weighted by molar-refractivity contribution is 5.85. The van der Waals surface area contributed by atoms with Crippen LogP contribution >= 0.6 is 12.4 Å². The molecule has 1 atom stereocenters. The van der Waals surface area contributed by atoms with Gasteiger partial charge in [0.05, 0.1) is 34.9 Å². The van der Waals surface area contributed by atoms with Crippen molar-refractivity contribution in [1.82, 2.24) is 0 Å². The minimum Gasteiger partial charge on any atom is -0.496 e. The van der Waals surface area contributed by atoms with Gasteiger partial charge in [0.25, 0.3) is 0 Å². The Kier molecular flexibility index (Phi) is 7.79. The first kappa shape index (κ1) is 18.3. The maximum atomic E-state index is 11.3. The third-order valence-corrected chi connectivity index (χ3v) is 2.75. The molecule has 0 heterocycles. The number of hydrogen-bond donors (Lipinski definition) is 1. The summed E-state index contributed by atoms with van der Waals surface area (Å²) in [4.78, 5) is 11.3. The first-order valence-corrected chi connectivity index (χ1v) is 5.69. The van der Waals surface area contributed by atoms with Gasteiger partial charge in [-0.2, -0.15) is 0 Å². The predicted octanol–water partition coefficient (Wildman–Crippen LogP) is 1.70. The molecule has 6 nitrogen and oxygen atoms in total. The number of esters is 1. The van der Waals surface area contributed by atoms with Gasteiger partial charge in [-0.05, 0) is 6.07 Å². The Morgan fingerprint density at radius 2 is 1.55 bits per heavy atom. The third-order valence-electron chi connectivity index (χ3n) is 2.75. The van der Waals surface area contributed by atoms with Crippen molar-refractivity contribution in [1.29, 1.82) is 0 Å². The molecule has 0 amide bonds. The summed E-state index contributed by atoms with van der Waals surface area (Å²) in [6.45, 7) is 0. The number of halogens is 1. The number of benzene rings is 1. The van der Waals surface area contributed by atoms with Crippen LogP contribution in [0.15, 0.2) is 12.1 Å². The largest absolute Gasteiger partial charge is 0.496 e. The number of hydrogen-bond acceptors (Lipinski definition) is 6. The molecule has 1 aromatic carbocycles. The first-order valence-electron chi connectivity index (χ1n) is 5.69. The lowest BCUT2D eigenvalue weighted by molar-refractivity contribution is -0.141. The van der Waals surface area contributed by atoms with E-state index < -0.39 is 6.04 Å². The zero-order valence-corrected chi connectivity index (χ0v) is 12.8. The highest BCUT2D eigenvalue weighted by Crippen LogP contribution is 2.37. The maximum absolute atomic E-state index is 11.3. The highest BCUT2D eigenvalue weighted by Gasteiger charge is 2.19. The van der Waals surface area contributed by atoms with E-state index in [2.05, 4.69) is 4.74 Å². The second kappa shape index (κ2) is 8.50. The van der Waals surface area contributed by atoms with Crippen molar-refractivity contribution < 1.29 is 23.7 Å². The van der Waals surface area contributed by atoms with Crippen LogP contribution < -0.4 is 19.9 Å². The van der Waals surface area contributed by atoms with Gasteiger partial charge in [0, 0.05) is 17.7 Å². The van der Waals surface area contributed by atoms with Gasteiger partial charge < -0.3 is 24.7 Å². The molecule has 7 heteroatoms. The van der Waals surface area contributed by atoms with E-state index in [1.54, 1.807) is 12.1 Å². The Balaban J connectivity index is 0.00000361. The molecule has 0 radical (unpaired) electrons. The molecule has 0 aliphatic heterocycles. The number of nitrogens with two attached hydrogens (primary N) is 1. The molecule has 2 N–H and O–H groups in total. The summed E-state index contributed by atoms with van der Waals surface area (Å²) in [5.41, 5.74) is 6.64. The van der Waals surface area contributed by atoms with Gasteiger partial charge >= 0.3 is 5.97 Å². The van der Waals surface area contributed by atoms with Crippen LogP contribution in [0, 0.1) is 0 Å². The Morgan fingerprint density at radius 3 is 2.00 bits per heavy atom.